The summed E-state index contributed by atoms with van der Waals surface area (Å²) in [6, 6.07) is 0. The lowest BCUT2D eigenvalue weighted by Gasteiger charge is -2.33. The van der Waals surface area contributed by atoms with Crippen LogP contribution < -0.4 is 0 Å². The van der Waals surface area contributed by atoms with Gasteiger partial charge in [-0.25, -0.2) is 0 Å². The van der Waals surface area contributed by atoms with Gasteiger partial charge in [0.25, 0.3) is 0 Å². The first-order chi connectivity index (χ1) is 7.44. The molecule has 1 fully saturated rings. The van der Waals surface area contributed by atoms with Crippen LogP contribution >= 0.6 is 0 Å². The van der Waals surface area contributed by atoms with E-state index in [0.29, 0.717) is 19.4 Å². The third-order valence-electron chi connectivity index (χ3n) is 3.43. The van der Waals surface area contributed by atoms with Gasteiger partial charge in [-0.05, 0) is 25.8 Å². The number of carboxylic acids is 1. The first-order valence-corrected chi connectivity index (χ1v) is 5.62. The number of likely N-dealkylation sites (tertiary alicyclic amines) is 1. The van der Waals surface area contributed by atoms with E-state index in [4.69, 9.17) is 0 Å². The first kappa shape index (κ1) is 13.0. The van der Waals surface area contributed by atoms with Crippen molar-refractivity contribution in [2.45, 2.75) is 31.7 Å². The van der Waals surface area contributed by atoms with Gasteiger partial charge >= 0.3 is 5.97 Å². The molecule has 1 N–H and O–H groups in total. The molecule has 1 rings (SSSR count). The number of hydrogen-bond donors (Lipinski definition) is 1. The number of carboxylic acid groups (broad SMARTS) is 1. The molecule has 16 heavy (non-hydrogen) atoms. The molecular weight excluding hydrogens is 208 g/mol. The van der Waals surface area contributed by atoms with Crippen molar-refractivity contribution in [3.8, 4) is 0 Å². The molecule has 92 valence electrons. The van der Waals surface area contributed by atoms with Crippen LogP contribution in [0.5, 0.6) is 0 Å². The second-order valence-electron chi connectivity index (χ2n) is 4.50. The molecule has 1 unspecified atom stereocenters. The van der Waals surface area contributed by atoms with E-state index in [-0.39, 0.29) is 12.5 Å². The number of rotatable bonds is 4. The monoisotopic (exact) mass is 228 g/mol. The number of amides is 1. The molecule has 1 aliphatic rings. The molecule has 0 aliphatic carbocycles. The predicted molar refractivity (Wildman–Crippen MR) is 60.2 cm³/mol. The van der Waals surface area contributed by atoms with Crippen LogP contribution in [0.4, 0.5) is 0 Å². The fourth-order valence-electron chi connectivity index (χ4n) is 2.26. The summed E-state index contributed by atoms with van der Waals surface area (Å²) in [4.78, 5) is 26.3. The van der Waals surface area contributed by atoms with Gasteiger partial charge in [-0.1, -0.05) is 6.92 Å². The zero-order chi connectivity index (χ0) is 12.3. The molecule has 5 heteroatoms. The van der Waals surface area contributed by atoms with Gasteiger partial charge in [0.05, 0.1) is 6.54 Å². The number of aliphatic carboxylic acids is 1. The van der Waals surface area contributed by atoms with Crippen LogP contribution in [0.25, 0.3) is 0 Å². The van der Waals surface area contributed by atoms with Crippen molar-refractivity contribution in [3.05, 3.63) is 0 Å². The summed E-state index contributed by atoms with van der Waals surface area (Å²) in [5.74, 6) is -0.847. The molecule has 0 saturated carbocycles. The zero-order valence-corrected chi connectivity index (χ0v) is 10.2. The molecule has 0 radical (unpaired) electrons. The van der Waals surface area contributed by atoms with Crippen molar-refractivity contribution in [1.29, 1.82) is 0 Å². The molecule has 0 aromatic heterocycles. The number of likely N-dealkylation sites (N-methyl/N-ethyl adjacent to an activating group) is 1. The first-order valence-electron chi connectivity index (χ1n) is 5.62. The Morgan fingerprint density at radius 1 is 1.44 bits per heavy atom. The Morgan fingerprint density at radius 2 is 2.06 bits per heavy atom. The van der Waals surface area contributed by atoms with Crippen molar-refractivity contribution in [2.75, 3.05) is 27.2 Å². The van der Waals surface area contributed by atoms with E-state index in [1.807, 2.05) is 6.92 Å². The van der Waals surface area contributed by atoms with Crippen LogP contribution in [0.15, 0.2) is 0 Å². The third kappa shape index (κ3) is 2.19. The highest BCUT2D eigenvalue weighted by atomic mass is 16.4. The zero-order valence-electron chi connectivity index (χ0n) is 10.2. The minimum absolute atomic E-state index is 0.0408. The number of carbonyl (C=O) groups excluding carboxylic acids is 1. The van der Waals surface area contributed by atoms with Crippen molar-refractivity contribution in [1.82, 2.24) is 9.80 Å². The molecule has 1 amide bonds. The van der Waals surface area contributed by atoms with Crippen LogP contribution in [-0.4, -0.2) is 59.5 Å². The summed E-state index contributed by atoms with van der Waals surface area (Å²) < 4.78 is 0. The Morgan fingerprint density at radius 3 is 2.50 bits per heavy atom. The molecule has 0 spiro atoms. The van der Waals surface area contributed by atoms with Crippen molar-refractivity contribution in [2.24, 2.45) is 0 Å². The molecular formula is C11H20N2O3. The molecule has 0 aromatic rings. The Kier molecular flexibility index (Phi) is 3.91. The van der Waals surface area contributed by atoms with E-state index >= 15 is 0 Å². The van der Waals surface area contributed by atoms with Crippen LogP contribution in [0, 0.1) is 0 Å². The lowest BCUT2D eigenvalue weighted by Crippen LogP contribution is -2.53. The molecule has 1 saturated heterocycles. The quantitative estimate of drug-likeness (QED) is 0.757. The lowest BCUT2D eigenvalue weighted by molar-refractivity contribution is -0.151. The van der Waals surface area contributed by atoms with Gasteiger partial charge in [-0.2, -0.15) is 0 Å². The second kappa shape index (κ2) is 4.82. The van der Waals surface area contributed by atoms with Crippen LogP contribution in [0.2, 0.25) is 0 Å². The predicted octanol–water partition coefficient (Wildman–Crippen LogP) is 0.404. The molecule has 0 aromatic carbocycles. The van der Waals surface area contributed by atoms with Crippen LogP contribution in [-0.2, 0) is 9.59 Å². The van der Waals surface area contributed by atoms with Gasteiger partial charge in [-0.3, -0.25) is 14.5 Å². The number of hydrogen-bond acceptors (Lipinski definition) is 3. The van der Waals surface area contributed by atoms with E-state index in [2.05, 4.69) is 0 Å². The van der Waals surface area contributed by atoms with E-state index in [1.165, 1.54) is 4.90 Å². The molecule has 0 bridgehead atoms. The van der Waals surface area contributed by atoms with Crippen molar-refractivity contribution >= 4 is 11.9 Å². The minimum atomic E-state index is -0.828. The standard InChI is InChI=1S/C11H20N2O3/c1-4-11(10(15)16)6-5-7-13(11)8-9(14)12(2)3/h4-8H2,1-3H3,(H,15,16). The van der Waals surface area contributed by atoms with Gasteiger partial charge < -0.3 is 10.0 Å². The summed E-state index contributed by atoms with van der Waals surface area (Å²) >= 11 is 0. The van der Waals surface area contributed by atoms with Gasteiger partial charge in [-0.15, -0.1) is 0 Å². The maximum Gasteiger partial charge on any atom is 0.324 e. The minimum Gasteiger partial charge on any atom is -0.480 e. The normalized spacial score (nSPS) is 25.7. The van der Waals surface area contributed by atoms with Gasteiger partial charge in [0.2, 0.25) is 5.91 Å². The van der Waals surface area contributed by atoms with Crippen molar-refractivity contribution in [3.63, 3.8) is 0 Å². The van der Waals surface area contributed by atoms with Crippen molar-refractivity contribution < 1.29 is 14.7 Å². The largest absolute Gasteiger partial charge is 0.480 e. The van der Waals surface area contributed by atoms with E-state index in [9.17, 15) is 14.7 Å². The Labute approximate surface area is 96.0 Å². The van der Waals surface area contributed by atoms with E-state index in [1.54, 1.807) is 19.0 Å². The van der Waals surface area contributed by atoms with E-state index < -0.39 is 11.5 Å². The van der Waals surface area contributed by atoms with Gasteiger partial charge in [0.1, 0.15) is 5.54 Å². The highest BCUT2D eigenvalue weighted by Crippen LogP contribution is 2.32. The number of carbonyl (C=O) groups is 2. The molecule has 1 atom stereocenters. The Bertz CT molecular complexity index is 291. The topological polar surface area (TPSA) is 60.9 Å². The summed E-state index contributed by atoms with van der Waals surface area (Å²) in [6.07, 6.45) is 2.03. The van der Waals surface area contributed by atoms with Crippen LogP contribution in [0.3, 0.4) is 0 Å². The maximum atomic E-state index is 11.6. The third-order valence-corrected chi connectivity index (χ3v) is 3.43. The number of nitrogens with zero attached hydrogens (tertiary/aromatic N) is 2. The maximum absolute atomic E-state index is 11.6. The van der Waals surface area contributed by atoms with E-state index in [0.717, 1.165) is 6.42 Å². The Hall–Kier alpha value is -1.10. The molecule has 5 nitrogen and oxygen atoms in total. The van der Waals surface area contributed by atoms with Crippen LogP contribution in [0.1, 0.15) is 26.2 Å². The molecule has 1 heterocycles. The SMILES string of the molecule is CCC1(C(=O)O)CCCN1CC(=O)N(C)C. The van der Waals surface area contributed by atoms with Gasteiger partial charge in [0, 0.05) is 14.1 Å². The van der Waals surface area contributed by atoms with Gasteiger partial charge in [0.15, 0.2) is 0 Å². The smallest absolute Gasteiger partial charge is 0.324 e. The average Bonchev–Trinajstić information content (AvgIpc) is 2.61. The Balaban J connectivity index is 2.79. The summed E-state index contributed by atoms with van der Waals surface area (Å²) in [6.45, 7) is 2.76. The average molecular weight is 228 g/mol. The fraction of sp³-hybridized carbons (Fsp3) is 0.818. The lowest BCUT2D eigenvalue weighted by atomic mass is 9.93. The highest BCUT2D eigenvalue weighted by Gasteiger charge is 2.46. The summed E-state index contributed by atoms with van der Waals surface area (Å²) in [5.41, 5.74) is -0.828. The second-order valence-corrected chi connectivity index (χ2v) is 4.50. The fourth-order valence-corrected chi connectivity index (χ4v) is 2.26. The summed E-state index contributed by atoms with van der Waals surface area (Å²) in [7, 11) is 3.37. The summed E-state index contributed by atoms with van der Waals surface area (Å²) in [5, 5.41) is 9.32. The molecule has 1 aliphatic heterocycles. The highest BCUT2D eigenvalue weighted by molar-refractivity contribution is 5.82.